The Labute approximate surface area is 206 Å². The van der Waals surface area contributed by atoms with Gasteiger partial charge >= 0.3 is 5.97 Å². The molecule has 35 heavy (non-hydrogen) atoms. The first-order valence-electron chi connectivity index (χ1n) is 12.7. The van der Waals surface area contributed by atoms with E-state index in [-0.39, 0.29) is 5.92 Å². The summed E-state index contributed by atoms with van der Waals surface area (Å²) >= 11 is 0. The number of carbonyl (C=O) groups excluding carboxylic acids is 1. The van der Waals surface area contributed by atoms with Gasteiger partial charge in [-0.25, -0.2) is 19.2 Å². The van der Waals surface area contributed by atoms with Crippen molar-refractivity contribution in [2.45, 2.75) is 58.6 Å². The van der Waals surface area contributed by atoms with Crippen molar-refractivity contribution in [3.8, 4) is 22.4 Å². The van der Waals surface area contributed by atoms with E-state index in [0.29, 0.717) is 65.1 Å². The maximum Gasteiger partial charge on any atom is 0.337 e. The lowest BCUT2D eigenvalue weighted by atomic mass is 9.81. The van der Waals surface area contributed by atoms with Gasteiger partial charge in [-0.1, -0.05) is 17.3 Å². The molecule has 0 radical (unpaired) electrons. The van der Waals surface area contributed by atoms with Crippen LogP contribution in [0, 0.1) is 19.8 Å². The normalized spacial score (nSPS) is 21.6. The third kappa shape index (κ3) is 4.45. The van der Waals surface area contributed by atoms with Crippen molar-refractivity contribution in [1.29, 1.82) is 0 Å². The van der Waals surface area contributed by atoms with E-state index in [1.807, 2.05) is 6.92 Å². The minimum atomic E-state index is -1.83. The molecule has 0 unspecified atom stereocenters. The third-order valence-corrected chi connectivity index (χ3v) is 6.75. The van der Waals surface area contributed by atoms with E-state index in [1.54, 1.807) is 50.5 Å². The molecule has 0 N–H and O–H groups in total. The smallest absolute Gasteiger partial charge is 0.337 e. The fraction of sp³-hybridized carbons (Fsp3) is 0.407. The van der Waals surface area contributed by atoms with Gasteiger partial charge in [-0.2, -0.15) is 0 Å². The number of hydrogen-bond donors (Lipinski definition) is 0. The molecule has 0 aliphatic heterocycles. The zero-order valence-corrected chi connectivity index (χ0v) is 20.3. The van der Waals surface area contributed by atoms with Gasteiger partial charge in [-0.15, -0.1) is 0 Å². The average Bonchev–Trinajstić information content (AvgIpc) is 3.42. The highest BCUT2D eigenvalue weighted by atomic mass is 19.1. The third-order valence-electron chi connectivity index (χ3n) is 6.75. The molecule has 1 aromatic carbocycles. The number of esters is 1. The fourth-order valence-electron chi connectivity index (χ4n) is 4.72. The highest BCUT2D eigenvalue weighted by Crippen LogP contribution is 2.37. The second-order valence-corrected chi connectivity index (χ2v) is 9.43. The van der Waals surface area contributed by atoms with E-state index in [2.05, 4.69) is 5.16 Å². The number of fused-ring (bicyclic) bond motifs is 1. The summed E-state index contributed by atoms with van der Waals surface area (Å²) in [6.45, 7) is 3.37. The lowest BCUT2D eigenvalue weighted by Gasteiger charge is -2.31. The van der Waals surface area contributed by atoms with Crippen LogP contribution >= 0.6 is 0 Å². The molecular weight excluding hydrogens is 447 g/mol. The number of methoxy groups -OCH3 is 1. The topological polar surface area (TPSA) is 83.0 Å². The van der Waals surface area contributed by atoms with Crippen molar-refractivity contribution in [3.05, 3.63) is 53.7 Å². The van der Waals surface area contributed by atoms with Crippen LogP contribution in [0.5, 0.6) is 0 Å². The molecule has 1 aliphatic rings. The van der Waals surface area contributed by atoms with Gasteiger partial charge in [-0.3, -0.25) is 0 Å². The molecule has 0 atom stereocenters. The van der Waals surface area contributed by atoms with Gasteiger partial charge in [0.1, 0.15) is 16.9 Å². The van der Waals surface area contributed by atoms with Crippen molar-refractivity contribution in [2.24, 2.45) is 5.92 Å². The van der Waals surface area contributed by atoms with Gasteiger partial charge in [0.25, 0.3) is 0 Å². The van der Waals surface area contributed by atoms with Gasteiger partial charge < -0.3 is 13.8 Å². The summed E-state index contributed by atoms with van der Waals surface area (Å²) in [5, 5.41) is 4.02. The van der Waals surface area contributed by atoms with Gasteiger partial charge in [-0.05, 0) is 70.1 Å². The number of ether oxygens (including phenoxy) is 1. The van der Waals surface area contributed by atoms with Gasteiger partial charge in [0.2, 0.25) is 0 Å². The van der Waals surface area contributed by atoms with Crippen molar-refractivity contribution < 1.29 is 21.2 Å². The number of hydrogen-bond acceptors (Lipinski definition) is 6. The lowest BCUT2D eigenvalue weighted by Crippen LogP contribution is -2.27. The molecule has 5 rings (SSSR count). The average molecular weight is 479 g/mol. The number of benzene rings is 1. The van der Waals surface area contributed by atoms with E-state index < -0.39 is 18.1 Å². The van der Waals surface area contributed by atoms with Crippen LogP contribution in [-0.4, -0.2) is 38.4 Å². The summed E-state index contributed by atoms with van der Waals surface area (Å²) < 4.78 is 44.4. The van der Waals surface area contributed by atoms with E-state index in [1.165, 1.54) is 11.7 Å². The number of nitrogens with zero attached hydrogens (tertiary/aromatic N) is 4. The van der Waals surface area contributed by atoms with Crippen LogP contribution in [0.4, 0.5) is 4.39 Å². The molecule has 182 valence electrons. The van der Waals surface area contributed by atoms with Crippen LogP contribution in [-0.2, 0) is 11.2 Å². The second kappa shape index (κ2) is 8.91. The predicted octanol–water partition coefficient (Wildman–Crippen LogP) is 6.08. The summed E-state index contributed by atoms with van der Waals surface area (Å²) in [7, 11) is 1.33. The minimum absolute atomic E-state index is 0.314. The molecule has 1 fully saturated rings. The Kier molecular flexibility index (Phi) is 5.29. The van der Waals surface area contributed by atoms with Crippen molar-refractivity contribution in [3.63, 3.8) is 0 Å². The summed E-state index contributed by atoms with van der Waals surface area (Å²) in [5.74, 6) is -0.224. The monoisotopic (exact) mass is 478 g/mol. The highest BCUT2D eigenvalue weighted by Gasteiger charge is 2.31. The highest BCUT2D eigenvalue weighted by molar-refractivity contribution is 5.94. The Morgan fingerprint density at radius 1 is 1.29 bits per heavy atom. The zero-order chi connectivity index (χ0) is 26.5. The first-order valence-corrected chi connectivity index (χ1v) is 11.7. The van der Waals surface area contributed by atoms with Crippen LogP contribution in [0.1, 0.15) is 57.2 Å². The Balaban J connectivity index is 1.66. The largest absolute Gasteiger partial charge is 0.465 e. The molecule has 3 aromatic heterocycles. The molecule has 4 aromatic rings. The Morgan fingerprint density at radius 3 is 2.63 bits per heavy atom. The molecule has 1 aliphatic carbocycles. The maximum absolute atomic E-state index is 14.5. The van der Waals surface area contributed by atoms with E-state index >= 15 is 0 Å². The zero-order valence-electron chi connectivity index (χ0n) is 22.3. The quantitative estimate of drug-likeness (QED) is 0.324. The molecule has 7 nitrogen and oxygen atoms in total. The molecule has 8 heteroatoms. The van der Waals surface area contributed by atoms with E-state index in [4.69, 9.17) is 22.0 Å². The summed E-state index contributed by atoms with van der Waals surface area (Å²) in [6, 6.07) is 6.88. The van der Waals surface area contributed by atoms with Gasteiger partial charge in [0.05, 0.1) is 38.6 Å². The van der Waals surface area contributed by atoms with Crippen molar-refractivity contribution >= 4 is 17.1 Å². The molecule has 0 amide bonds. The van der Waals surface area contributed by atoms with Crippen LogP contribution in [0.25, 0.3) is 33.5 Å². The molecule has 0 spiro atoms. The van der Waals surface area contributed by atoms with Gasteiger partial charge in [0, 0.05) is 18.3 Å². The molecular formula is C27H29FN4O3. The first kappa shape index (κ1) is 20.8. The number of halogens is 1. The van der Waals surface area contributed by atoms with E-state index in [0.717, 1.165) is 11.1 Å². The van der Waals surface area contributed by atoms with Crippen LogP contribution in [0.15, 0.2) is 41.2 Å². The molecule has 0 bridgehead atoms. The number of alkyl halides is 1. The number of aryl methyl sites for hydroxylation is 2. The first-order chi connectivity index (χ1) is 17.5. The summed E-state index contributed by atoms with van der Waals surface area (Å²) in [5.41, 5.74) is 3.40. The van der Waals surface area contributed by atoms with Crippen LogP contribution in [0.3, 0.4) is 0 Å². The Morgan fingerprint density at radius 2 is 2.00 bits per heavy atom. The number of carbonyl (C=O) groups is 1. The minimum Gasteiger partial charge on any atom is -0.465 e. The molecule has 0 saturated heterocycles. The maximum atomic E-state index is 14.5. The van der Waals surface area contributed by atoms with E-state index in [9.17, 15) is 9.18 Å². The second-order valence-electron chi connectivity index (χ2n) is 9.43. The molecule has 3 heterocycles. The Bertz CT molecular complexity index is 1450. The van der Waals surface area contributed by atoms with Gasteiger partial charge in [0.15, 0.2) is 5.65 Å². The predicted molar refractivity (Wildman–Crippen MR) is 131 cm³/mol. The Hall–Kier alpha value is -3.55. The number of rotatable bonds is 5. The standard InChI is InChI=1S/C27H29FN4O3/c1-16-23(17(2)35-31-16)22-13-29-24-21(19-5-7-20(8-6-19)26(33)34-4)15-32(25(24)30-22)14-18-9-11-27(3,28)12-10-18/h5-8,13,15,18H,9-12,14H2,1-4H3/i14D2. The van der Waals surface area contributed by atoms with Crippen LogP contribution < -0.4 is 0 Å². The van der Waals surface area contributed by atoms with Crippen molar-refractivity contribution in [1.82, 2.24) is 19.7 Å². The molecule has 1 saturated carbocycles. The lowest BCUT2D eigenvalue weighted by molar-refractivity contribution is 0.0600. The summed E-state index contributed by atoms with van der Waals surface area (Å²) in [4.78, 5) is 21.4. The van der Waals surface area contributed by atoms with Crippen molar-refractivity contribution in [2.75, 3.05) is 7.11 Å². The number of aromatic nitrogens is 4. The van der Waals surface area contributed by atoms with Crippen LogP contribution in [0.2, 0.25) is 0 Å². The SMILES string of the molecule is [2H]C([2H])(C1CCC(C)(F)CC1)n1cc(-c2ccc(C(=O)OC)cc2)c2ncc(-c3c(C)noc3C)nc21. The fourth-order valence-corrected chi connectivity index (χ4v) is 4.72. The summed E-state index contributed by atoms with van der Waals surface area (Å²) in [6.07, 6.45) is 4.84.